The molecule has 0 bridgehead atoms. The smallest absolute Gasteiger partial charge is 0.213 e. The molecule has 3 rings (SSSR count). The van der Waals surface area contributed by atoms with Crippen LogP contribution in [0.4, 0.5) is 0 Å². The lowest BCUT2D eigenvalue weighted by atomic mass is 10.2. The maximum Gasteiger partial charge on any atom is 0.213 e. The van der Waals surface area contributed by atoms with E-state index in [0.717, 1.165) is 36.3 Å². The summed E-state index contributed by atoms with van der Waals surface area (Å²) in [7, 11) is 1.97. The molecule has 1 aliphatic rings. The second-order valence-electron chi connectivity index (χ2n) is 7.08. The van der Waals surface area contributed by atoms with Crippen LogP contribution in [-0.4, -0.2) is 33.9 Å². The second kappa shape index (κ2) is 10.6. The zero-order valence-corrected chi connectivity index (χ0v) is 19.5. The van der Waals surface area contributed by atoms with E-state index in [-0.39, 0.29) is 24.0 Å². The first-order chi connectivity index (χ1) is 13.1. The Hall–Kier alpha value is -1.84. The molecule has 2 N–H and O–H groups in total. The van der Waals surface area contributed by atoms with E-state index in [1.807, 2.05) is 37.0 Å². The van der Waals surface area contributed by atoms with E-state index >= 15 is 0 Å². The van der Waals surface area contributed by atoms with Crippen molar-refractivity contribution in [3.05, 3.63) is 40.8 Å². The van der Waals surface area contributed by atoms with Crippen molar-refractivity contribution in [1.82, 2.24) is 25.4 Å². The van der Waals surface area contributed by atoms with Crippen molar-refractivity contribution in [2.75, 3.05) is 13.2 Å². The molecule has 154 valence electrons. The Morgan fingerprint density at radius 1 is 1.29 bits per heavy atom. The number of guanidine groups is 1. The van der Waals surface area contributed by atoms with Crippen molar-refractivity contribution in [2.24, 2.45) is 18.0 Å². The summed E-state index contributed by atoms with van der Waals surface area (Å²) in [6.45, 7) is 9.03. The van der Waals surface area contributed by atoms with Crippen LogP contribution in [0.5, 0.6) is 5.88 Å². The summed E-state index contributed by atoms with van der Waals surface area (Å²) in [5, 5.41) is 11.1. The predicted molar refractivity (Wildman–Crippen MR) is 122 cm³/mol. The standard InChI is InChI=1S/C20H30N6O.HI/c1-5-21-20(24-12-18-14(2)25-26(4)15(18)3)23-11-17-8-9-19(22-10-17)27-13-16-6-7-16;/h8-10,16H,5-7,11-13H2,1-4H3,(H2,21,23,24);1H. The SMILES string of the molecule is CCNC(=NCc1ccc(OCC2CC2)nc1)NCc1c(C)nn(C)c1C.I. The molecule has 0 aliphatic heterocycles. The predicted octanol–water partition coefficient (Wildman–Crippen LogP) is 3.09. The van der Waals surface area contributed by atoms with Crippen LogP contribution in [0.25, 0.3) is 0 Å². The monoisotopic (exact) mass is 498 g/mol. The Morgan fingerprint density at radius 2 is 2.07 bits per heavy atom. The largest absolute Gasteiger partial charge is 0.477 e. The fourth-order valence-corrected chi connectivity index (χ4v) is 2.84. The third-order valence-corrected chi connectivity index (χ3v) is 4.82. The van der Waals surface area contributed by atoms with Gasteiger partial charge in [-0.1, -0.05) is 6.07 Å². The Balaban J connectivity index is 0.00000280. The second-order valence-corrected chi connectivity index (χ2v) is 7.08. The third kappa shape index (κ3) is 6.35. The van der Waals surface area contributed by atoms with Crippen molar-refractivity contribution < 1.29 is 4.74 Å². The van der Waals surface area contributed by atoms with E-state index in [0.29, 0.717) is 19.0 Å². The number of pyridine rings is 1. The minimum atomic E-state index is 0. The van der Waals surface area contributed by atoms with Gasteiger partial charge in [0.2, 0.25) is 5.88 Å². The molecule has 1 saturated carbocycles. The number of aryl methyl sites for hydroxylation is 2. The number of hydrogen-bond donors (Lipinski definition) is 2. The molecular weight excluding hydrogens is 467 g/mol. The van der Waals surface area contributed by atoms with Gasteiger partial charge >= 0.3 is 0 Å². The summed E-state index contributed by atoms with van der Waals surface area (Å²) >= 11 is 0. The fourth-order valence-electron chi connectivity index (χ4n) is 2.84. The van der Waals surface area contributed by atoms with Gasteiger partial charge in [0.05, 0.1) is 18.8 Å². The molecule has 1 aliphatic carbocycles. The van der Waals surface area contributed by atoms with Crippen LogP contribution in [0.1, 0.15) is 42.3 Å². The quantitative estimate of drug-likeness (QED) is 0.333. The highest BCUT2D eigenvalue weighted by atomic mass is 127. The highest BCUT2D eigenvalue weighted by molar-refractivity contribution is 14.0. The molecule has 0 saturated heterocycles. The lowest BCUT2D eigenvalue weighted by molar-refractivity contribution is 0.288. The molecule has 0 spiro atoms. The Kier molecular flexibility index (Phi) is 8.53. The minimum absolute atomic E-state index is 0. The molecule has 8 heteroatoms. The van der Waals surface area contributed by atoms with Crippen molar-refractivity contribution in [1.29, 1.82) is 0 Å². The number of nitrogens with zero attached hydrogens (tertiary/aromatic N) is 4. The van der Waals surface area contributed by atoms with Gasteiger partial charge in [-0.3, -0.25) is 4.68 Å². The van der Waals surface area contributed by atoms with E-state index < -0.39 is 0 Å². The van der Waals surface area contributed by atoms with Crippen LogP contribution in [0, 0.1) is 19.8 Å². The maximum absolute atomic E-state index is 5.68. The van der Waals surface area contributed by atoms with E-state index in [1.165, 1.54) is 24.1 Å². The highest BCUT2D eigenvalue weighted by Gasteiger charge is 2.22. The molecule has 0 atom stereocenters. The Morgan fingerprint density at radius 3 is 2.64 bits per heavy atom. The Bertz CT molecular complexity index is 783. The molecule has 2 heterocycles. The van der Waals surface area contributed by atoms with Gasteiger partial charge in [-0.05, 0) is 45.1 Å². The van der Waals surface area contributed by atoms with Crippen LogP contribution in [0.3, 0.4) is 0 Å². The molecular formula is C20H31IN6O. The molecule has 28 heavy (non-hydrogen) atoms. The van der Waals surface area contributed by atoms with Crippen LogP contribution in [0.15, 0.2) is 23.3 Å². The van der Waals surface area contributed by atoms with E-state index in [4.69, 9.17) is 4.74 Å². The van der Waals surface area contributed by atoms with Crippen LogP contribution in [0.2, 0.25) is 0 Å². The number of ether oxygens (including phenoxy) is 1. The maximum atomic E-state index is 5.68. The number of aromatic nitrogens is 3. The van der Waals surface area contributed by atoms with Gasteiger partial charge in [-0.2, -0.15) is 5.10 Å². The normalized spacial score (nSPS) is 13.8. The first kappa shape index (κ1) is 22.4. The summed E-state index contributed by atoms with van der Waals surface area (Å²) in [5.41, 5.74) is 4.48. The molecule has 0 amide bonds. The van der Waals surface area contributed by atoms with Gasteiger partial charge in [-0.25, -0.2) is 9.98 Å². The van der Waals surface area contributed by atoms with Crippen molar-refractivity contribution in [3.8, 4) is 5.88 Å². The fraction of sp³-hybridized carbons (Fsp3) is 0.550. The van der Waals surface area contributed by atoms with Gasteiger partial charge < -0.3 is 15.4 Å². The molecule has 1 fully saturated rings. The first-order valence-electron chi connectivity index (χ1n) is 9.65. The molecule has 2 aromatic rings. The Labute approximate surface area is 184 Å². The average molecular weight is 498 g/mol. The zero-order chi connectivity index (χ0) is 19.2. The summed E-state index contributed by atoms with van der Waals surface area (Å²) < 4.78 is 7.59. The van der Waals surface area contributed by atoms with Gasteiger partial charge in [0.25, 0.3) is 0 Å². The van der Waals surface area contributed by atoms with Gasteiger partial charge in [0, 0.05) is 43.7 Å². The van der Waals surface area contributed by atoms with E-state index in [9.17, 15) is 0 Å². The first-order valence-corrected chi connectivity index (χ1v) is 9.65. The summed E-state index contributed by atoms with van der Waals surface area (Å²) in [6, 6.07) is 3.95. The summed E-state index contributed by atoms with van der Waals surface area (Å²) in [6.07, 6.45) is 4.40. The van der Waals surface area contributed by atoms with Crippen molar-refractivity contribution in [3.63, 3.8) is 0 Å². The summed E-state index contributed by atoms with van der Waals surface area (Å²) in [5.74, 6) is 2.22. The molecule has 7 nitrogen and oxygen atoms in total. The summed E-state index contributed by atoms with van der Waals surface area (Å²) in [4.78, 5) is 9.04. The van der Waals surface area contributed by atoms with Gasteiger partial charge in [0.15, 0.2) is 5.96 Å². The molecule has 2 aromatic heterocycles. The lowest BCUT2D eigenvalue weighted by Crippen LogP contribution is -2.37. The lowest BCUT2D eigenvalue weighted by Gasteiger charge is -2.12. The zero-order valence-electron chi connectivity index (χ0n) is 17.2. The van der Waals surface area contributed by atoms with Crippen molar-refractivity contribution in [2.45, 2.75) is 46.7 Å². The third-order valence-electron chi connectivity index (χ3n) is 4.82. The number of nitrogens with one attached hydrogen (secondary N) is 2. The average Bonchev–Trinajstić information content (AvgIpc) is 3.45. The number of halogens is 1. The molecule has 0 aromatic carbocycles. The number of hydrogen-bond acceptors (Lipinski definition) is 4. The van der Waals surface area contributed by atoms with Crippen LogP contribution < -0.4 is 15.4 Å². The number of rotatable bonds is 8. The van der Waals surface area contributed by atoms with Gasteiger partial charge in [-0.15, -0.1) is 24.0 Å². The van der Waals surface area contributed by atoms with Gasteiger partial charge in [0.1, 0.15) is 0 Å². The topological polar surface area (TPSA) is 76.4 Å². The molecule has 0 radical (unpaired) electrons. The van der Waals surface area contributed by atoms with Crippen LogP contribution >= 0.6 is 24.0 Å². The van der Waals surface area contributed by atoms with E-state index in [2.05, 4.69) is 39.6 Å². The van der Waals surface area contributed by atoms with Crippen LogP contribution in [-0.2, 0) is 20.1 Å². The minimum Gasteiger partial charge on any atom is -0.477 e. The van der Waals surface area contributed by atoms with E-state index in [1.54, 1.807) is 0 Å². The number of aliphatic imine (C=N–C) groups is 1. The van der Waals surface area contributed by atoms with Crippen molar-refractivity contribution >= 4 is 29.9 Å². The highest BCUT2D eigenvalue weighted by Crippen LogP contribution is 2.29. The molecule has 0 unspecified atom stereocenters.